The molecule has 9 heteroatoms. The standard InChI is InChI=1S/C19H22FN7O/c1-10-17(21)18(24-16-8-14(26-27-16)11-2-3-11)25-19(22-10)23-15(9-28)12-4-6-13(20)7-5-12/h4-8,11,15,28H,2-3,9,21H2,1H3,(H3,22,23,24,25,26,27)/t15-/m0/s1. The first-order valence-electron chi connectivity index (χ1n) is 9.13. The molecule has 2 heterocycles. The minimum Gasteiger partial charge on any atom is -0.394 e. The number of nitrogens with two attached hydrogens (primary N) is 1. The van der Waals surface area contributed by atoms with Crippen LogP contribution in [-0.2, 0) is 0 Å². The molecule has 0 aliphatic heterocycles. The molecule has 1 fully saturated rings. The lowest BCUT2D eigenvalue weighted by molar-refractivity contribution is 0.276. The highest BCUT2D eigenvalue weighted by Crippen LogP contribution is 2.39. The molecule has 0 saturated heterocycles. The summed E-state index contributed by atoms with van der Waals surface area (Å²) in [5.41, 5.74) is 8.96. The van der Waals surface area contributed by atoms with E-state index in [-0.39, 0.29) is 12.4 Å². The first-order valence-corrected chi connectivity index (χ1v) is 9.13. The summed E-state index contributed by atoms with van der Waals surface area (Å²) < 4.78 is 13.2. The Hall–Kier alpha value is -3.20. The van der Waals surface area contributed by atoms with Gasteiger partial charge in [-0.2, -0.15) is 10.1 Å². The highest BCUT2D eigenvalue weighted by molar-refractivity contribution is 5.70. The number of nitrogens with zero attached hydrogens (tertiary/aromatic N) is 3. The highest BCUT2D eigenvalue weighted by Gasteiger charge is 2.25. The van der Waals surface area contributed by atoms with Crippen LogP contribution in [-0.4, -0.2) is 31.9 Å². The Morgan fingerprint density at radius 1 is 1.29 bits per heavy atom. The summed E-state index contributed by atoms with van der Waals surface area (Å²) in [6.45, 7) is 1.57. The maximum absolute atomic E-state index is 13.2. The third-order valence-electron chi connectivity index (χ3n) is 4.76. The summed E-state index contributed by atoms with van der Waals surface area (Å²) in [5, 5.41) is 23.2. The van der Waals surface area contributed by atoms with Gasteiger partial charge < -0.3 is 21.5 Å². The van der Waals surface area contributed by atoms with Crippen molar-refractivity contribution in [2.24, 2.45) is 0 Å². The van der Waals surface area contributed by atoms with Gasteiger partial charge in [0.15, 0.2) is 11.6 Å². The van der Waals surface area contributed by atoms with Crippen molar-refractivity contribution in [3.63, 3.8) is 0 Å². The minimum atomic E-state index is -0.483. The number of hydrogen-bond acceptors (Lipinski definition) is 7. The van der Waals surface area contributed by atoms with Gasteiger partial charge in [-0.15, -0.1) is 0 Å². The first kappa shape index (κ1) is 18.2. The van der Waals surface area contributed by atoms with Crippen molar-refractivity contribution >= 4 is 23.3 Å². The summed E-state index contributed by atoms with van der Waals surface area (Å²) >= 11 is 0. The molecule has 28 heavy (non-hydrogen) atoms. The molecule has 0 unspecified atom stereocenters. The Kier molecular flexibility index (Phi) is 4.82. The monoisotopic (exact) mass is 383 g/mol. The number of hydrogen-bond donors (Lipinski definition) is 5. The lowest BCUT2D eigenvalue weighted by Gasteiger charge is -2.18. The maximum atomic E-state index is 13.2. The quantitative estimate of drug-likeness (QED) is 0.425. The number of nitrogens with one attached hydrogen (secondary N) is 3. The van der Waals surface area contributed by atoms with E-state index >= 15 is 0 Å². The number of aliphatic hydroxyl groups excluding tert-OH is 1. The molecule has 0 radical (unpaired) electrons. The van der Waals surface area contributed by atoms with Crippen LogP contribution in [0.5, 0.6) is 0 Å². The minimum absolute atomic E-state index is 0.203. The van der Waals surface area contributed by atoms with Gasteiger partial charge >= 0.3 is 0 Å². The molecule has 8 nitrogen and oxygen atoms in total. The molecule has 146 valence electrons. The fourth-order valence-corrected chi connectivity index (χ4v) is 2.95. The number of nitrogen functional groups attached to an aromatic ring is 1. The van der Waals surface area contributed by atoms with Crippen LogP contribution in [0.15, 0.2) is 30.3 Å². The van der Waals surface area contributed by atoms with Gasteiger partial charge in [-0.25, -0.2) is 9.37 Å². The van der Waals surface area contributed by atoms with Crippen molar-refractivity contribution in [1.29, 1.82) is 0 Å². The predicted octanol–water partition coefficient (Wildman–Crippen LogP) is 3.00. The second-order valence-corrected chi connectivity index (χ2v) is 6.93. The zero-order chi connectivity index (χ0) is 19.7. The average molecular weight is 383 g/mol. The molecule has 0 amide bonds. The SMILES string of the molecule is Cc1nc(N[C@@H](CO)c2ccc(F)cc2)nc(Nc2cc(C3CC3)[nH]n2)c1N. The van der Waals surface area contributed by atoms with Crippen molar-refractivity contribution in [1.82, 2.24) is 20.2 Å². The number of benzene rings is 1. The third kappa shape index (κ3) is 3.89. The Labute approximate surface area is 161 Å². The lowest BCUT2D eigenvalue weighted by atomic mass is 10.1. The van der Waals surface area contributed by atoms with Crippen molar-refractivity contribution in [3.8, 4) is 0 Å². The first-order chi connectivity index (χ1) is 13.5. The maximum Gasteiger partial charge on any atom is 0.225 e. The van der Waals surface area contributed by atoms with E-state index in [0.717, 1.165) is 11.3 Å². The molecule has 3 aromatic rings. The topological polar surface area (TPSA) is 125 Å². The molecule has 1 atom stereocenters. The van der Waals surface area contributed by atoms with Gasteiger partial charge in [0.2, 0.25) is 5.95 Å². The smallest absolute Gasteiger partial charge is 0.225 e. The van der Waals surface area contributed by atoms with Crippen LogP contribution in [0.25, 0.3) is 0 Å². The number of aliphatic hydroxyl groups is 1. The second-order valence-electron chi connectivity index (χ2n) is 6.93. The predicted molar refractivity (Wildman–Crippen MR) is 105 cm³/mol. The summed E-state index contributed by atoms with van der Waals surface area (Å²) in [4.78, 5) is 8.78. The van der Waals surface area contributed by atoms with Crippen molar-refractivity contribution in [3.05, 3.63) is 53.1 Å². The lowest BCUT2D eigenvalue weighted by Crippen LogP contribution is -2.18. The van der Waals surface area contributed by atoms with Crippen LogP contribution in [0, 0.1) is 12.7 Å². The van der Waals surface area contributed by atoms with E-state index in [2.05, 4.69) is 30.8 Å². The third-order valence-corrected chi connectivity index (χ3v) is 4.76. The number of aromatic nitrogens is 4. The number of halogens is 1. The normalized spacial score (nSPS) is 14.7. The summed E-state index contributed by atoms with van der Waals surface area (Å²) in [6.07, 6.45) is 2.35. The molecule has 1 aliphatic rings. The molecule has 1 aliphatic carbocycles. The largest absolute Gasteiger partial charge is 0.394 e. The molecule has 1 aromatic carbocycles. The fourth-order valence-electron chi connectivity index (χ4n) is 2.95. The van der Waals surface area contributed by atoms with Crippen molar-refractivity contribution < 1.29 is 9.50 Å². The highest BCUT2D eigenvalue weighted by atomic mass is 19.1. The van der Waals surface area contributed by atoms with E-state index in [1.54, 1.807) is 19.1 Å². The zero-order valence-corrected chi connectivity index (χ0v) is 15.4. The van der Waals surface area contributed by atoms with Crippen molar-refractivity contribution in [2.45, 2.75) is 31.7 Å². The van der Waals surface area contributed by atoms with E-state index in [1.807, 2.05) is 6.07 Å². The van der Waals surface area contributed by atoms with Crippen LogP contribution < -0.4 is 16.4 Å². The van der Waals surface area contributed by atoms with Crippen LogP contribution >= 0.6 is 0 Å². The second kappa shape index (κ2) is 7.43. The van der Waals surface area contributed by atoms with Gasteiger partial charge in [0.25, 0.3) is 0 Å². The molecule has 0 spiro atoms. The molecule has 0 bridgehead atoms. The van der Waals surface area contributed by atoms with E-state index in [0.29, 0.717) is 34.9 Å². The molecule has 4 rings (SSSR count). The van der Waals surface area contributed by atoms with E-state index in [1.165, 1.54) is 25.0 Å². The molecule has 1 saturated carbocycles. The fraction of sp³-hybridized carbons (Fsp3) is 0.316. The zero-order valence-electron chi connectivity index (χ0n) is 15.4. The number of aryl methyl sites for hydroxylation is 1. The van der Waals surface area contributed by atoms with Gasteiger partial charge in [0.05, 0.1) is 24.0 Å². The summed E-state index contributed by atoms with van der Waals surface area (Å²) in [6, 6.07) is 7.37. The Morgan fingerprint density at radius 2 is 2.04 bits per heavy atom. The van der Waals surface area contributed by atoms with Gasteiger partial charge in [-0.3, -0.25) is 5.10 Å². The van der Waals surface area contributed by atoms with Crippen LogP contribution in [0.4, 0.5) is 27.7 Å². The summed E-state index contributed by atoms with van der Waals surface area (Å²) in [7, 11) is 0. The number of anilines is 4. The Morgan fingerprint density at radius 3 is 2.71 bits per heavy atom. The van der Waals surface area contributed by atoms with Crippen LogP contribution in [0.3, 0.4) is 0 Å². The molecule has 2 aromatic heterocycles. The summed E-state index contributed by atoms with van der Waals surface area (Å²) in [5.74, 6) is 1.59. The van der Waals surface area contributed by atoms with Crippen LogP contribution in [0.2, 0.25) is 0 Å². The van der Waals surface area contributed by atoms with Gasteiger partial charge in [0, 0.05) is 17.7 Å². The Balaban J connectivity index is 1.55. The molecular weight excluding hydrogens is 361 g/mol. The average Bonchev–Trinajstić information content (AvgIpc) is 3.44. The van der Waals surface area contributed by atoms with E-state index in [9.17, 15) is 9.50 Å². The number of H-pyrrole nitrogens is 1. The van der Waals surface area contributed by atoms with Crippen LogP contribution in [0.1, 0.15) is 41.8 Å². The van der Waals surface area contributed by atoms with E-state index < -0.39 is 6.04 Å². The Bertz CT molecular complexity index is 969. The van der Waals surface area contributed by atoms with Gasteiger partial charge in [0.1, 0.15) is 5.82 Å². The van der Waals surface area contributed by atoms with E-state index in [4.69, 9.17) is 5.73 Å². The molecule has 6 N–H and O–H groups in total. The number of aromatic amines is 1. The van der Waals surface area contributed by atoms with Gasteiger partial charge in [-0.05, 0) is 37.5 Å². The van der Waals surface area contributed by atoms with Gasteiger partial charge in [-0.1, -0.05) is 12.1 Å². The molecular formula is C19H22FN7O. The van der Waals surface area contributed by atoms with Crippen molar-refractivity contribution in [2.75, 3.05) is 23.0 Å². The number of rotatable bonds is 7.